The second-order valence-corrected chi connectivity index (χ2v) is 6.36. The van der Waals surface area contributed by atoms with Gasteiger partial charge in [0.25, 0.3) is 0 Å². The smallest absolute Gasteiger partial charge is 0.188 e. The number of hydrogen-bond acceptors (Lipinski definition) is 3. The number of ether oxygens (including phenoxy) is 1. The molecule has 2 fully saturated rings. The van der Waals surface area contributed by atoms with Crippen molar-refractivity contribution in [1.29, 1.82) is 0 Å². The molecule has 0 aromatic carbocycles. The third-order valence-electron chi connectivity index (χ3n) is 4.52. The second kappa shape index (κ2) is 11.5. The Balaban J connectivity index is 0.00000242. The molecular formula is C16H33IN4O. The number of nitrogens with zero attached hydrogens (tertiary/aromatic N) is 2. The molecule has 0 amide bonds. The fourth-order valence-electron chi connectivity index (χ4n) is 3.10. The van der Waals surface area contributed by atoms with Gasteiger partial charge in [-0.05, 0) is 25.7 Å². The maximum absolute atomic E-state index is 6.03. The Hall–Kier alpha value is -0.0800. The van der Waals surface area contributed by atoms with Gasteiger partial charge in [0.05, 0.1) is 13.2 Å². The number of rotatable bonds is 8. The molecule has 0 bridgehead atoms. The predicted molar refractivity (Wildman–Crippen MR) is 103 cm³/mol. The van der Waals surface area contributed by atoms with E-state index in [0.717, 1.165) is 32.3 Å². The number of nitrogens with two attached hydrogens (primary N) is 1. The zero-order chi connectivity index (χ0) is 14.9. The van der Waals surface area contributed by atoms with Gasteiger partial charge in [0.1, 0.15) is 0 Å². The summed E-state index contributed by atoms with van der Waals surface area (Å²) in [5.41, 5.74) is 6.03. The Labute approximate surface area is 152 Å². The minimum atomic E-state index is 0. The second-order valence-electron chi connectivity index (χ2n) is 6.36. The number of aliphatic imine (C=N–C) groups is 1. The minimum Gasteiger partial charge on any atom is -0.383 e. The Kier molecular flexibility index (Phi) is 10.4. The van der Waals surface area contributed by atoms with Gasteiger partial charge in [-0.1, -0.05) is 25.7 Å². The van der Waals surface area contributed by atoms with E-state index in [1.54, 1.807) is 7.11 Å². The van der Waals surface area contributed by atoms with Crippen LogP contribution in [0.15, 0.2) is 4.99 Å². The van der Waals surface area contributed by atoms with Crippen molar-refractivity contribution in [3.8, 4) is 0 Å². The predicted octanol–water partition coefficient (Wildman–Crippen LogP) is 2.34. The molecule has 0 aromatic heterocycles. The molecule has 0 aliphatic heterocycles. The number of methoxy groups -OCH3 is 1. The molecule has 0 unspecified atom stereocenters. The maximum atomic E-state index is 6.03. The highest BCUT2D eigenvalue weighted by molar-refractivity contribution is 14.0. The summed E-state index contributed by atoms with van der Waals surface area (Å²) in [5.74, 6) is 0.629. The monoisotopic (exact) mass is 424 g/mol. The van der Waals surface area contributed by atoms with Crippen LogP contribution in [0.25, 0.3) is 0 Å². The average molecular weight is 424 g/mol. The van der Waals surface area contributed by atoms with E-state index in [0.29, 0.717) is 12.0 Å². The van der Waals surface area contributed by atoms with Gasteiger partial charge in [0, 0.05) is 32.3 Å². The molecule has 2 aliphatic rings. The van der Waals surface area contributed by atoms with Crippen LogP contribution in [0.4, 0.5) is 0 Å². The molecule has 2 saturated carbocycles. The quantitative estimate of drug-likeness (QED) is 0.272. The molecule has 2 rings (SSSR count). The molecule has 3 N–H and O–H groups in total. The van der Waals surface area contributed by atoms with Crippen LogP contribution >= 0.6 is 24.0 Å². The summed E-state index contributed by atoms with van der Waals surface area (Å²) in [6.07, 6.45) is 10.5. The topological polar surface area (TPSA) is 62.9 Å². The SMILES string of the molecule is COCCN(CCN=C(N)NC1CCCCCC1)C1CC1.I. The van der Waals surface area contributed by atoms with Crippen LogP contribution in [0.5, 0.6) is 0 Å². The standard InChI is InChI=1S/C16H32N4O.HI/c1-21-13-12-20(15-8-9-15)11-10-18-16(17)19-14-6-4-2-3-5-7-14;/h14-15H,2-13H2,1H3,(H3,17,18,19);1H. The number of nitrogens with one attached hydrogen (secondary N) is 1. The van der Waals surface area contributed by atoms with Crippen molar-refractivity contribution in [1.82, 2.24) is 10.2 Å². The zero-order valence-corrected chi connectivity index (χ0v) is 16.3. The van der Waals surface area contributed by atoms with E-state index in [9.17, 15) is 0 Å². The summed E-state index contributed by atoms with van der Waals surface area (Å²) in [5, 5.41) is 3.41. The maximum Gasteiger partial charge on any atom is 0.188 e. The van der Waals surface area contributed by atoms with Gasteiger partial charge in [-0.25, -0.2) is 0 Å². The summed E-state index contributed by atoms with van der Waals surface area (Å²) in [6.45, 7) is 3.58. The lowest BCUT2D eigenvalue weighted by atomic mass is 10.1. The number of hydrogen-bond donors (Lipinski definition) is 2. The van der Waals surface area contributed by atoms with Gasteiger partial charge < -0.3 is 15.8 Å². The lowest BCUT2D eigenvalue weighted by Gasteiger charge is -2.21. The molecule has 2 aliphatic carbocycles. The first-order chi connectivity index (χ1) is 10.3. The molecule has 5 nitrogen and oxygen atoms in total. The van der Waals surface area contributed by atoms with E-state index in [1.165, 1.54) is 51.4 Å². The summed E-state index contributed by atoms with van der Waals surface area (Å²) >= 11 is 0. The van der Waals surface area contributed by atoms with E-state index >= 15 is 0 Å². The van der Waals surface area contributed by atoms with Crippen LogP contribution in [0.2, 0.25) is 0 Å². The van der Waals surface area contributed by atoms with E-state index in [4.69, 9.17) is 10.5 Å². The first-order valence-corrected chi connectivity index (χ1v) is 8.59. The van der Waals surface area contributed by atoms with Crippen LogP contribution in [0.1, 0.15) is 51.4 Å². The molecule has 0 saturated heterocycles. The Morgan fingerprint density at radius 2 is 1.82 bits per heavy atom. The van der Waals surface area contributed by atoms with Crippen LogP contribution in [0, 0.1) is 0 Å². The van der Waals surface area contributed by atoms with E-state index in [1.807, 2.05) is 0 Å². The van der Waals surface area contributed by atoms with Crippen molar-refractivity contribution in [2.24, 2.45) is 10.7 Å². The third kappa shape index (κ3) is 7.97. The molecule has 0 atom stereocenters. The Bertz CT molecular complexity index is 315. The van der Waals surface area contributed by atoms with Crippen molar-refractivity contribution in [2.75, 3.05) is 33.4 Å². The van der Waals surface area contributed by atoms with Crippen molar-refractivity contribution >= 4 is 29.9 Å². The van der Waals surface area contributed by atoms with Crippen molar-refractivity contribution in [3.63, 3.8) is 0 Å². The van der Waals surface area contributed by atoms with Crippen LogP contribution in [0.3, 0.4) is 0 Å². The lowest BCUT2D eigenvalue weighted by molar-refractivity contribution is 0.145. The van der Waals surface area contributed by atoms with Crippen LogP contribution in [-0.2, 0) is 4.74 Å². The zero-order valence-electron chi connectivity index (χ0n) is 13.9. The molecule has 0 aromatic rings. The fraction of sp³-hybridized carbons (Fsp3) is 0.938. The van der Waals surface area contributed by atoms with Gasteiger partial charge in [0.2, 0.25) is 0 Å². The molecule has 0 radical (unpaired) electrons. The Morgan fingerprint density at radius 1 is 1.14 bits per heavy atom. The van der Waals surface area contributed by atoms with Crippen molar-refractivity contribution in [3.05, 3.63) is 0 Å². The van der Waals surface area contributed by atoms with Gasteiger partial charge in [-0.15, -0.1) is 24.0 Å². The molecule has 130 valence electrons. The molecule has 0 spiro atoms. The van der Waals surface area contributed by atoms with E-state index < -0.39 is 0 Å². The summed E-state index contributed by atoms with van der Waals surface area (Å²) < 4.78 is 5.18. The van der Waals surface area contributed by atoms with Gasteiger partial charge >= 0.3 is 0 Å². The summed E-state index contributed by atoms with van der Waals surface area (Å²) in [4.78, 5) is 6.99. The molecule has 6 heteroatoms. The summed E-state index contributed by atoms with van der Waals surface area (Å²) in [6, 6.07) is 1.29. The summed E-state index contributed by atoms with van der Waals surface area (Å²) in [7, 11) is 1.76. The third-order valence-corrected chi connectivity index (χ3v) is 4.52. The normalized spacial score (nSPS) is 20.5. The fourth-order valence-corrected chi connectivity index (χ4v) is 3.10. The minimum absolute atomic E-state index is 0. The van der Waals surface area contributed by atoms with Gasteiger partial charge in [-0.3, -0.25) is 9.89 Å². The van der Waals surface area contributed by atoms with Crippen molar-refractivity contribution < 1.29 is 4.74 Å². The van der Waals surface area contributed by atoms with E-state index in [2.05, 4.69) is 15.2 Å². The lowest BCUT2D eigenvalue weighted by Crippen LogP contribution is -2.40. The average Bonchev–Trinajstić information content (AvgIpc) is 3.30. The first-order valence-electron chi connectivity index (χ1n) is 8.59. The molecule has 22 heavy (non-hydrogen) atoms. The largest absolute Gasteiger partial charge is 0.383 e. The number of guanidine groups is 1. The Morgan fingerprint density at radius 3 is 2.41 bits per heavy atom. The van der Waals surface area contributed by atoms with Crippen molar-refractivity contribution in [2.45, 2.75) is 63.5 Å². The highest BCUT2D eigenvalue weighted by Crippen LogP contribution is 2.26. The molecule has 0 heterocycles. The van der Waals surface area contributed by atoms with E-state index in [-0.39, 0.29) is 24.0 Å². The number of halogens is 1. The first kappa shape index (κ1) is 20.0. The highest BCUT2D eigenvalue weighted by atomic mass is 127. The van der Waals surface area contributed by atoms with Gasteiger partial charge in [0.15, 0.2) is 5.96 Å². The molecular weight excluding hydrogens is 391 g/mol. The van der Waals surface area contributed by atoms with Crippen LogP contribution in [-0.4, -0.2) is 56.3 Å². The van der Waals surface area contributed by atoms with Crippen LogP contribution < -0.4 is 11.1 Å². The highest BCUT2D eigenvalue weighted by Gasteiger charge is 2.28. The van der Waals surface area contributed by atoms with Gasteiger partial charge in [-0.2, -0.15) is 0 Å².